The van der Waals surface area contributed by atoms with Crippen LogP contribution in [0.4, 0.5) is 0 Å². The molecule has 1 aromatic heterocycles. The SMILES string of the molecule is C=CC[NH2+]CC(=O)N1CCc2sccc2[C@@H]1c1ccc(OC)cc1. The maximum atomic E-state index is 12.8. The van der Waals surface area contributed by atoms with Gasteiger partial charge < -0.3 is 15.0 Å². The highest BCUT2D eigenvalue weighted by Crippen LogP contribution is 2.38. The van der Waals surface area contributed by atoms with E-state index < -0.39 is 0 Å². The smallest absolute Gasteiger partial charge is 0.278 e. The number of quaternary nitrogens is 1. The molecule has 0 saturated heterocycles. The fourth-order valence-electron chi connectivity index (χ4n) is 3.17. The maximum absolute atomic E-state index is 12.8. The van der Waals surface area contributed by atoms with Crippen molar-refractivity contribution in [2.24, 2.45) is 0 Å². The second-order valence-corrected chi connectivity index (χ2v) is 6.83. The third-order valence-electron chi connectivity index (χ3n) is 4.37. The van der Waals surface area contributed by atoms with Crippen LogP contribution in [-0.2, 0) is 11.2 Å². The molecule has 0 saturated carbocycles. The van der Waals surface area contributed by atoms with Crippen molar-refractivity contribution in [1.82, 2.24) is 4.90 Å². The van der Waals surface area contributed by atoms with Gasteiger partial charge in [-0.05, 0) is 47.2 Å². The van der Waals surface area contributed by atoms with Crippen LogP contribution in [0.1, 0.15) is 22.0 Å². The van der Waals surface area contributed by atoms with Crippen LogP contribution < -0.4 is 10.1 Å². The molecule has 24 heavy (non-hydrogen) atoms. The van der Waals surface area contributed by atoms with Gasteiger partial charge in [0.2, 0.25) is 0 Å². The Morgan fingerprint density at radius 3 is 2.92 bits per heavy atom. The standard InChI is InChI=1S/C19H22N2O2S/c1-3-10-20-13-18(22)21-11-8-17-16(9-12-24-17)19(21)14-4-6-15(23-2)7-5-14/h3-7,9,12,19-20H,1,8,10-11,13H2,2H3/p+1/t19-/m0/s1. The first kappa shape index (κ1) is 16.7. The predicted molar refractivity (Wildman–Crippen MR) is 96.4 cm³/mol. The van der Waals surface area contributed by atoms with Crippen molar-refractivity contribution in [3.63, 3.8) is 0 Å². The second kappa shape index (κ2) is 7.64. The third kappa shape index (κ3) is 3.37. The number of rotatable bonds is 6. The zero-order valence-electron chi connectivity index (χ0n) is 13.9. The zero-order valence-corrected chi connectivity index (χ0v) is 14.7. The molecule has 2 heterocycles. The number of ether oxygens (including phenoxy) is 1. The van der Waals surface area contributed by atoms with E-state index in [1.54, 1.807) is 18.4 Å². The third-order valence-corrected chi connectivity index (χ3v) is 5.37. The molecular formula is C19H23N2O2S+. The quantitative estimate of drug-likeness (QED) is 0.644. The van der Waals surface area contributed by atoms with Crippen molar-refractivity contribution in [1.29, 1.82) is 0 Å². The number of hydrogen-bond acceptors (Lipinski definition) is 3. The lowest BCUT2D eigenvalue weighted by atomic mass is 9.93. The molecule has 0 fully saturated rings. The monoisotopic (exact) mass is 343 g/mol. The Labute approximate surface area is 146 Å². The highest BCUT2D eigenvalue weighted by Gasteiger charge is 2.33. The Balaban J connectivity index is 1.89. The van der Waals surface area contributed by atoms with Gasteiger partial charge in [-0.1, -0.05) is 18.7 Å². The van der Waals surface area contributed by atoms with Crippen LogP contribution in [-0.4, -0.2) is 37.6 Å². The van der Waals surface area contributed by atoms with Crippen molar-refractivity contribution in [3.8, 4) is 5.75 Å². The van der Waals surface area contributed by atoms with Crippen LogP contribution in [0.25, 0.3) is 0 Å². The van der Waals surface area contributed by atoms with Gasteiger partial charge in [0.1, 0.15) is 5.75 Å². The summed E-state index contributed by atoms with van der Waals surface area (Å²) in [5, 5.41) is 4.11. The number of carbonyl (C=O) groups is 1. The van der Waals surface area contributed by atoms with E-state index in [-0.39, 0.29) is 11.9 Å². The molecule has 2 N–H and O–H groups in total. The van der Waals surface area contributed by atoms with Gasteiger partial charge in [-0.25, -0.2) is 0 Å². The Morgan fingerprint density at radius 2 is 2.21 bits per heavy atom. The Hall–Kier alpha value is -2.11. The average molecular weight is 343 g/mol. The minimum Gasteiger partial charge on any atom is -0.497 e. The summed E-state index contributed by atoms with van der Waals surface area (Å²) < 4.78 is 5.26. The van der Waals surface area contributed by atoms with E-state index in [9.17, 15) is 4.79 Å². The summed E-state index contributed by atoms with van der Waals surface area (Å²) in [6, 6.07) is 10.2. The predicted octanol–water partition coefficient (Wildman–Crippen LogP) is 1.98. The normalized spacial score (nSPS) is 16.5. The fourth-order valence-corrected chi connectivity index (χ4v) is 4.08. The highest BCUT2D eigenvalue weighted by molar-refractivity contribution is 7.10. The summed E-state index contributed by atoms with van der Waals surface area (Å²) >= 11 is 1.78. The molecule has 1 atom stereocenters. The van der Waals surface area contributed by atoms with Crippen LogP contribution in [0.3, 0.4) is 0 Å². The lowest BCUT2D eigenvalue weighted by Gasteiger charge is -2.36. The first-order chi connectivity index (χ1) is 11.7. The van der Waals surface area contributed by atoms with E-state index in [0.717, 1.165) is 30.8 Å². The summed E-state index contributed by atoms with van der Waals surface area (Å²) in [5.74, 6) is 1.01. The average Bonchev–Trinajstić information content (AvgIpc) is 3.10. The topological polar surface area (TPSA) is 46.2 Å². The number of fused-ring (bicyclic) bond motifs is 1. The number of amides is 1. The van der Waals surface area contributed by atoms with Crippen molar-refractivity contribution in [3.05, 3.63) is 64.4 Å². The van der Waals surface area contributed by atoms with Gasteiger partial charge in [-0.15, -0.1) is 11.3 Å². The van der Waals surface area contributed by atoms with E-state index in [1.165, 1.54) is 10.4 Å². The van der Waals surface area contributed by atoms with E-state index in [0.29, 0.717) is 6.54 Å². The molecule has 4 nitrogen and oxygen atoms in total. The first-order valence-electron chi connectivity index (χ1n) is 8.17. The number of nitrogens with two attached hydrogens (primary N) is 1. The second-order valence-electron chi connectivity index (χ2n) is 5.83. The van der Waals surface area contributed by atoms with Crippen LogP contribution in [0.5, 0.6) is 5.75 Å². The molecule has 126 valence electrons. The molecule has 0 aliphatic carbocycles. The molecule has 2 aromatic rings. The molecule has 0 radical (unpaired) electrons. The molecule has 1 aromatic carbocycles. The lowest BCUT2D eigenvalue weighted by Crippen LogP contribution is -2.86. The molecular weight excluding hydrogens is 320 g/mol. The molecule has 0 spiro atoms. The van der Waals surface area contributed by atoms with E-state index >= 15 is 0 Å². The van der Waals surface area contributed by atoms with Crippen LogP contribution >= 0.6 is 11.3 Å². The van der Waals surface area contributed by atoms with Crippen molar-refractivity contribution >= 4 is 17.2 Å². The van der Waals surface area contributed by atoms with E-state index in [4.69, 9.17) is 4.74 Å². The van der Waals surface area contributed by atoms with Crippen molar-refractivity contribution in [2.75, 3.05) is 26.7 Å². The van der Waals surface area contributed by atoms with Crippen LogP contribution in [0, 0.1) is 0 Å². The van der Waals surface area contributed by atoms with Crippen LogP contribution in [0.15, 0.2) is 48.4 Å². The maximum Gasteiger partial charge on any atom is 0.278 e. The van der Waals surface area contributed by atoms with E-state index in [2.05, 4.69) is 30.2 Å². The minimum absolute atomic E-state index is 0.00413. The molecule has 5 heteroatoms. The molecule has 1 aliphatic heterocycles. The molecule has 1 amide bonds. The number of carbonyl (C=O) groups excluding carboxylic acids is 1. The highest BCUT2D eigenvalue weighted by atomic mass is 32.1. The first-order valence-corrected chi connectivity index (χ1v) is 9.04. The largest absolute Gasteiger partial charge is 0.497 e. The van der Waals surface area contributed by atoms with Crippen molar-refractivity contribution < 1.29 is 14.8 Å². The summed E-state index contributed by atoms with van der Waals surface area (Å²) in [7, 11) is 1.66. The molecule has 1 aliphatic rings. The van der Waals surface area contributed by atoms with Gasteiger partial charge in [-0.3, -0.25) is 4.79 Å². The summed E-state index contributed by atoms with van der Waals surface area (Å²) in [5.41, 5.74) is 2.39. The number of nitrogens with zero attached hydrogens (tertiary/aromatic N) is 1. The zero-order chi connectivity index (χ0) is 16.9. The van der Waals surface area contributed by atoms with Gasteiger partial charge in [0, 0.05) is 11.4 Å². The number of hydrogen-bond donors (Lipinski definition) is 1. The van der Waals surface area contributed by atoms with Gasteiger partial charge in [0.25, 0.3) is 5.91 Å². The van der Waals surface area contributed by atoms with Gasteiger partial charge >= 0.3 is 0 Å². The molecule has 0 bridgehead atoms. The number of benzene rings is 1. The van der Waals surface area contributed by atoms with Gasteiger partial charge in [0.05, 0.1) is 19.7 Å². The Bertz CT molecular complexity index is 708. The van der Waals surface area contributed by atoms with Gasteiger partial charge in [0.15, 0.2) is 6.54 Å². The lowest BCUT2D eigenvalue weighted by molar-refractivity contribution is -0.635. The number of methoxy groups -OCH3 is 1. The van der Waals surface area contributed by atoms with Gasteiger partial charge in [-0.2, -0.15) is 0 Å². The molecule has 3 rings (SSSR count). The van der Waals surface area contributed by atoms with E-state index in [1.807, 2.05) is 28.4 Å². The number of thiophene rings is 1. The summed E-state index contributed by atoms with van der Waals surface area (Å²) in [6.07, 6.45) is 2.76. The summed E-state index contributed by atoms with van der Waals surface area (Å²) in [4.78, 5) is 16.1. The van der Waals surface area contributed by atoms with Crippen LogP contribution in [0.2, 0.25) is 0 Å². The molecule has 0 unspecified atom stereocenters. The minimum atomic E-state index is -0.00413. The Morgan fingerprint density at radius 1 is 1.42 bits per heavy atom. The summed E-state index contributed by atoms with van der Waals surface area (Å²) in [6.45, 7) is 5.69. The van der Waals surface area contributed by atoms with Crippen molar-refractivity contribution in [2.45, 2.75) is 12.5 Å². The fraction of sp³-hybridized carbons (Fsp3) is 0.316. The Kier molecular flexibility index (Phi) is 5.33.